The fraction of sp³-hybridized carbons (Fsp3) is 0.143. The Morgan fingerprint density at radius 2 is 1.75 bits per heavy atom. The van der Waals surface area contributed by atoms with Crippen LogP contribution in [0.25, 0.3) is 11.3 Å². The van der Waals surface area contributed by atoms with Crippen LogP contribution in [0.4, 0.5) is 13.2 Å². The highest BCUT2D eigenvalue weighted by Crippen LogP contribution is 2.45. The lowest BCUT2D eigenvalue weighted by molar-refractivity contribution is -0.137. The molecular weight excluding hydrogens is 367 g/mol. The molecule has 28 heavy (non-hydrogen) atoms. The van der Waals surface area contributed by atoms with Gasteiger partial charge in [-0.3, -0.25) is 0 Å². The number of nitriles is 1. The van der Waals surface area contributed by atoms with Gasteiger partial charge in [-0.25, -0.2) is 4.68 Å². The van der Waals surface area contributed by atoms with E-state index in [1.54, 1.807) is 11.7 Å². The third kappa shape index (κ3) is 2.93. The van der Waals surface area contributed by atoms with E-state index in [9.17, 15) is 18.4 Å². The highest BCUT2D eigenvalue weighted by Gasteiger charge is 2.35. The van der Waals surface area contributed by atoms with E-state index in [1.165, 1.54) is 18.4 Å². The maximum Gasteiger partial charge on any atom is 0.416 e. The minimum Gasteiger partial charge on any atom is -0.446 e. The van der Waals surface area contributed by atoms with Crippen LogP contribution in [-0.2, 0) is 13.2 Å². The first-order valence-corrected chi connectivity index (χ1v) is 8.46. The summed E-state index contributed by atoms with van der Waals surface area (Å²) in [5, 5.41) is 14.1. The molecule has 1 atom stereocenters. The number of rotatable bonds is 2. The number of halogens is 3. The van der Waals surface area contributed by atoms with Crippen molar-refractivity contribution in [2.24, 2.45) is 7.05 Å². The number of ether oxygens (including phenoxy) is 1. The minimum absolute atomic E-state index is 0.303. The highest BCUT2D eigenvalue weighted by molar-refractivity contribution is 5.70. The molecule has 0 radical (unpaired) electrons. The monoisotopic (exact) mass is 381 g/mol. The van der Waals surface area contributed by atoms with Crippen LogP contribution in [0, 0.1) is 11.3 Å². The van der Waals surface area contributed by atoms with Gasteiger partial charge >= 0.3 is 6.18 Å². The van der Waals surface area contributed by atoms with Crippen molar-refractivity contribution >= 4 is 0 Å². The summed E-state index contributed by atoms with van der Waals surface area (Å²) in [4.78, 5) is 0. The first kappa shape index (κ1) is 17.9. The number of benzene rings is 2. The summed E-state index contributed by atoms with van der Waals surface area (Å²) < 4.78 is 46.0. The molecule has 4 rings (SSSR count). The predicted molar refractivity (Wildman–Crippen MR) is 96.3 cm³/mol. The van der Waals surface area contributed by atoms with E-state index in [-0.39, 0.29) is 0 Å². The van der Waals surface area contributed by atoms with Crippen LogP contribution in [0.15, 0.2) is 66.4 Å². The van der Waals surface area contributed by atoms with Gasteiger partial charge in [0.25, 0.3) is 0 Å². The number of hydrogen-bond acceptors (Lipinski definition) is 3. The van der Waals surface area contributed by atoms with Gasteiger partial charge in [0.15, 0.2) is 0 Å². The molecule has 1 aliphatic rings. The van der Waals surface area contributed by atoms with Crippen LogP contribution in [0.3, 0.4) is 0 Å². The Bertz CT molecular complexity index is 1090. The molecule has 0 aliphatic carbocycles. The molecular formula is C21H14F3N3O. The molecule has 0 saturated heterocycles. The van der Waals surface area contributed by atoms with Crippen molar-refractivity contribution in [3.05, 3.63) is 83.1 Å². The molecule has 1 unspecified atom stereocenters. The third-order valence-corrected chi connectivity index (χ3v) is 4.67. The van der Waals surface area contributed by atoms with Crippen LogP contribution in [0.2, 0.25) is 0 Å². The van der Waals surface area contributed by atoms with Gasteiger partial charge in [0.1, 0.15) is 12.0 Å². The number of alkyl halides is 3. The van der Waals surface area contributed by atoms with Gasteiger partial charge in [-0.15, -0.1) is 0 Å². The van der Waals surface area contributed by atoms with E-state index in [0.29, 0.717) is 28.3 Å². The van der Waals surface area contributed by atoms with Gasteiger partial charge in [-0.1, -0.05) is 42.5 Å². The van der Waals surface area contributed by atoms with Gasteiger partial charge in [-0.2, -0.15) is 23.5 Å². The Hall–Kier alpha value is -3.53. The van der Waals surface area contributed by atoms with Crippen LogP contribution in [0.5, 0.6) is 5.88 Å². The number of aryl methyl sites for hydroxylation is 1. The van der Waals surface area contributed by atoms with E-state index < -0.39 is 17.7 Å². The summed E-state index contributed by atoms with van der Waals surface area (Å²) >= 11 is 0. The van der Waals surface area contributed by atoms with E-state index >= 15 is 0 Å². The third-order valence-electron chi connectivity index (χ3n) is 4.67. The van der Waals surface area contributed by atoms with E-state index in [1.807, 2.05) is 30.3 Å². The molecule has 140 valence electrons. The van der Waals surface area contributed by atoms with Crippen LogP contribution in [0.1, 0.15) is 22.6 Å². The van der Waals surface area contributed by atoms with Gasteiger partial charge in [0.05, 0.1) is 28.7 Å². The van der Waals surface area contributed by atoms with Crippen molar-refractivity contribution in [2.75, 3.05) is 0 Å². The fourth-order valence-corrected chi connectivity index (χ4v) is 3.38. The molecule has 0 N–H and O–H groups in total. The number of allylic oxidation sites excluding steroid dienone is 1. The zero-order valence-electron chi connectivity index (χ0n) is 14.7. The largest absolute Gasteiger partial charge is 0.446 e. The summed E-state index contributed by atoms with van der Waals surface area (Å²) in [7, 11) is 1.72. The standard InChI is InChI=1S/C21H14F3N3O/c1-27-20-18(19(26-27)14-5-3-2-4-6-14)17(15(11-25)12-28-20)13-7-9-16(10-8-13)21(22,23)24/h2-10,12,17H,1H3. The van der Waals surface area contributed by atoms with Crippen molar-refractivity contribution in [3.63, 3.8) is 0 Å². The van der Waals surface area contributed by atoms with Crippen molar-refractivity contribution in [1.82, 2.24) is 9.78 Å². The summed E-state index contributed by atoms with van der Waals surface area (Å²) in [6.07, 6.45) is -3.09. The van der Waals surface area contributed by atoms with Gasteiger partial charge in [0, 0.05) is 12.6 Å². The number of hydrogen-bond donors (Lipinski definition) is 0. The second kappa shape index (κ2) is 6.57. The Morgan fingerprint density at radius 1 is 1.07 bits per heavy atom. The fourth-order valence-electron chi connectivity index (χ4n) is 3.38. The summed E-state index contributed by atoms with van der Waals surface area (Å²) in [5.41, 5.74) is 2.25. The van der Waals surface area contributed by atoms with Gasteiger partial charge in [-0.05, 0) is 17.7 Å². The molecule has 0 amide bonds. The van der Waals surface area contributed by atoms with Gasteiger partial charge < -0.3 is 4.74 Å². The molecule has 7 heteroatoms. The average Bonchev–Trinajstić information content (AvgIpc) is 3.04. The number of aromatic nitrogens is 2. The lowest BCUT2D eigenvalue weighted by atomic mass is 9.83. The second-order valence-electron chi connectivity index (χ2n) is 6.41. The van der Waals surface area contributed by atoms with E-state index in [2.05, 4.69) is 11.2 Å². The molecule has 0 saturated carbocycles. The topological polar surface area (TPSA) is 50.8 Å². The second-order valence-corrected chi connectivity index (χ2v) is 6.41. The molecule has 4 nitrogen and oxygen atoms in total. The molecule has 0 spiro atoms. The molecule has 3 aromatic rings. The smallest absolute Gasteiger partial charge is 0.416 e. The Morgan fingerprint density at radius 3 is 2.36 bits per heavy atom. The first-order valence-electron chi connectivity index (χ1n) is 8.46. The lowest BCUT2D eigenvalue weighted by Crippen LogP contribution is -2.13. The predicted octanol–water partition coefficient (Wildman–Crippen LogP) is 5.04. The molecule has 2 aromatic carbocycles. The van der Waals surface area contributed by atoms with Crippen molar-refractivity contribution in [3.8, 4) is 23.2 Å². The van der Waals surface area contributed by atoms with E-state index in [0.717, 1.165) is 17.7 Å². The average molecular weight is 381 g/mol. The molecule has 0 bridgehead atoms. The summed E-state index contributed by atoms with van der Waals surface area (Å²) in [6, 6.07) is 16.3. The number of fused-ring (bicyclic) bond motifs is 1. The van der Waals surface area contributed by atoms with Crippen LogP contribution in [-0.4, -0.2) is 9.78 Å². The lowest BCUT2D eigenvalue weighted by Gasteiger charge is -2.22. The molecule has 2 heterocycles. The summed E-state index contributed by atoms with van der Waals surface area (Å²) in [6.45, 7) is 0. The Labute approximate surface area is 159 Å². The summed E-state index contributed by atoms with van der Waals surface area (Å²) in [5.74, 6) is -0.109. The number of nitrogens with zero attached hydrogens (tertiary/aromatic N) is 3. The highest BCUT2D eigenvalue weighted by atomic mass is 19.4. The molecule has 1 aliphatic heterocycles. The Balaban J connectivity index is 1.89. The van der Waals surface area contributed by atoms with Crippen molar-refractivity contribution < 1.29 is 17.9 Å². The minimum atomic E-state index is -4.42. The van der Waals surface area contributed by atoms with Crippen molar-refractivity contribution in [1.29, 1.82) is 5.26 Å². The van der Waals surface area contributed by atoms with E-state index in [4.69, 9.17) is 4.74 Å². The molecule has 0 fully saturated rings. The van der Waals surface area contributed by atoms with Gasteiger partial charge in [0.2, 0.25) is 5.88 Å². The SMILES string of the molecule is Cn1nc(-c2ccccc2)c2c1OC=C(C#N)C2c1ccc(C(F)(F)F)cc1. The maximum absolute atomic E-state index is 12.9. The molecule has 1 aromatic heterocycles. The maximum atomic E-state index is 12.9. The first-order chi connectivity index (χ1) is 13.4. The quantitative estimate of drug-likeness (QED) is 0.625. The van der Waals surface area contributed by atoms with Crippen LogP contribution < -0.4 is 4.74 Å². The van der Waals surface area contributed by atoms with Crippen LogP contribution >= 0.6 is 0 Å². The zero-order valence-corrected chi connectivity index (χ0v) is 14.7. The zero-order chi connectivity index (χ0) is 19.9. The Kier molecular flexibility index (Phi) is 4.19. The normalized spacial score (nSPS) is 16.0. The van der Waals surface area contributed by atoms with Crippen molar-refractivity contribution in [2.45, 2.75) is 12.1 Å².